The second-order valence-corrected chi connectivity index (χ2v) is 7.22. The number of aryl methyl sites for hydroxylation is 1. The highest BCUT2D eigenvalue weighted by molar-refractivity contribution is 9.10. The van der Waals surface area contributed by atoms with Crippen molar-refractivity contribution in [2.24, 2.45) is 0 Å². The lowest BCUT2D eigenvalue weighted by Crippen LogP contribution is -2.44. The van der Waals surface area contributed by atoms with Crippen molar-refractivity contribution in [1.82, 2.24) is 4.90 Å². The largest absolute Gasteiger partial charge is 0.469 e. The summed E-state index contributed by atoms with van der Waals surface area (Å²) in [5.74, 6) is -1.09. The first-order valence-electron chi connectivity index (χ1n) is 8.27. The second kappa shape index (κ2) is 7.15. The predicted molar refractivity (Wildman–Crippen MR) is 93.0 cm³/mol. The van der Waals surface area contributed by atoms with E-state index in [4.69, 9.17) is 4.74 Å². The second-order valence-electron chi connectivity index (χ2n) is 6.30. The highest BCUT2D eigenvalue weighted by atomic mass is 79.9. The Morgan fingerprint density at radius 2 is 2.08 bits per heavy atom. The number of esters is 2. The maximum Gasteiger partial charge on any atom is 0.328 e. The van der Waals surface area contributed by atoms with Gasteiger partial charge in [0.15, 0.2) is 0 Å². The first-order chi connectivity index (χ1) is 12.0. The maximum absolute atomic E-state index is 13.1. The van der Waals surface area contributed by atoms with Crippen LogP contribution in [0.15, 0.2) is 16.6 Å². The molecule has 3 rings (SSSR count). The molecule has 0 N–H and O–H groups in total. The molecule has 25 heavy (non-hydrogen) atoms. The van der Waals surface area contributed by atoms with Crippen molar-refractivity contribution >= 4 is 33.8 Å². The van der Waals surface area contributed by atoms with E-state index in [1.165, 1.54) is 14.2 Å². The van der Waals surface area contributed by atoms with Gasteiger partial charge in [-0.2, -0.15) is 0 Å². The molecule has 0 aromatic heterocycles. The van der Waals surface area contributed by atoms with Crippen LogP contribution in [-0.4, -0.2) is 43.0 Å². The fourth-order valence-corrected chi connectivity index (χ4v) is 4.37. The van der Waals surface area contributed by atoms with Crippen LogP contribution in [0.25, 0.3) is 0 Å². The zero-order valence-corrected chi connectivity index (χ0v) is 15.8. The Kier molecular flexibility index (Phi) is 5.13. The number of methoxy groups -OCH3 is 2. The number of amides is 1. The normalized spacial score (nSPS) is 19.4. The number of carbonyl (C=O) groups excluding carboxylic acids is 3. The van der Waals surface area contributed by atoms with E-state index in [0.717, 1.165) is 34.9 Å². The molecule has 0 radical (unpaired) electrons. The molecule has 2 unspecified atom stereocenters. The van der Waals surface area contributed by atoms with E-state index in [2.05, 4.69) is 20.7 Å². The Morgan fingerprint density at radius 1 is 1.32 bits per heavy atom. The van der Waals surface area contributed by atoms with Gasteiger partial charge >= 0.3 is 11.9 Å². The van der Waals surface area contributed by atoms with Gasteiger partial charge in [0.25, 0.3) is 5.91 Å². The van der Waals surface area contributed by atoms with Crippen LogP contribution in [0.2, 0.25) is 0 Å². The van der Waals surface area contributed by atoms with Crippen LogP contribution >= 0.6 is 15.9 Å². The summed E-state index contributed by atoms with van der Waals surface area (Å²) in [5.41, 5.74) is 2.81. The molecule has 0 saturated carbocycles. The zero-order valence-electron chi connectivity index (χ0n) is 14.2. The lowest BCUT2D eigenvalue weighted by molar-refractivity contribution is -0.148. The number of ether oxygens (including phenoxy) is 2. The minimum absolute atomic E-state index is 0.0552. The summed E-state index contributed by atoms with van der Waals surface area (Å²) in [6, 6.07) is 2.93. The predicted octanol–water partition coefficient (Wildman–Crippen LogP) is 2.78. The van der Waals surface area contributed by atoms with Crippen LogP contribution in [0.4, 0.5) is 0 Å². The molecule has 0 fully saturated rings. The molecule has 1 aromatic carbocycles. The van der Waals surface area contributed by atoms with Gasteiger partial charge in [0.2, 0.25) is 0 Å². The van der Waals surface area contributed by atoms with E-state index in [-0.39, 0.29) is 24.8 Å². The van der Waals surface area contributed by atoms with Gasteiger partial charge in [-0.3, -0.25) is 9.59 Å². The van der Waals surface area contributed by atoms with Crippen molar-refractivity contribution in [3.05, 3.63) is 33.3 Å². The Labute approximate surface area is 154 Å². The molecular weight excluding hydrogens is 390 g/mol. The van der Waals surface area contributed by atoms with Gasteiger partial charge in [0.1, 0.15) is 6.04 Å². The average Bonchev–Trinajstić information content (AvgIpc) is 2.88. The molecule has 0 bridgehead atoms. The van der Waals surface area contributed by atoms with Crippen LogP contribution in [0, 0.1) is 0 Å². The van der Waals surface area contributed by atoms with Gasteiger partial charge in [-0.1, -0.05) is 15.9 Å². The van der Waals surface area contributed by atoms with E-state index < -0.39 is 18.0 Å². The van der Waals surface area contributed by atoms with E-state index in [9.17, 15) is 14.4 Å². The molecule has 2 atom stereocenters. The summed E-state index contributed by atoms with van der Waals surface area (Å²) in [4.78, 5) is 38.5. The average molecular weight is 410 g/mol. The molecule has 1 heterocycles. The van der Waals surface area contributed by atoms with Crippen molar-refractivity contribution < 1.29 is 23.9 Å². The fraction of sp³-hybridized carbons (Fsp3) is 0.500. The van der Waals surface area contributed by atoms with E-state index in [1.807, 2.05) is 12.1 Å². The molecule has 1 aliphatic heterocycles. The molecule has 7 heteroatoms. The number of nitrogens with zero attached hydrogens (tertiary/aromatic N) is 1. The highest BCUT2D eigenvalue weighted by Crippen LogP contribution is 2.45. The third-order valence-corrected chi connectivity index (χ3v) is 5.40. The monoisotopic (exact) mass is 409 g/mol. The summed E-state index contributed by atoms with van der Waals surface area (Å²) >= 11 is 3.46. The number of benzene rings is 1. The molecule has 1 aliphatic carbocycles. The Morgan fingerprint density at radius 3 is 2.76 bits per heavy atom. The van der Waals surface area contributed by atoms with Gasteiger partial charge in [-0.15, -0.1) is 0 Å². The Bertz CT molecular complexity index is 732. The first kappa shape index (κ1) is 17.9. The smallest absolute Gasteiger partial charge is 0.328 e. The molecular formula is C18H20BrNO5. The number of carbonyl (C=O) groups is 3. The number of halogens is 1. The minimum atomic E-state index is -0.793. The van der Waals surface area contributed by atoms with Crippen LogP contribution in [-0.2, 0) is 25.5 Å². The lowest BCUT2D eigenvalue weighted by atomic mass is 9.86. The number of hydrogen-bond acceptors (Lipinski definition) is 5. The van der Waals surface area contributed by atoms with E-state index >= 15 is 0 Å². The maximum atomic E-state index is 13.1. The molecule has 0 saturated heterocycles. The van der Waals surface area contributed by atoms with Crippen molar-refractivity contribution in [3.63, 3.8) is 0 Å². The van der Waals surface area contributed by atoms with Gasteiger partial charge in [-0.05, 0) is 48.9 Å². The Hall–Kier alpha value is -1.89. The molecule has 2 aliphatic rings. The summed E-state index contributed by atoms with van der Waals surface area (Å²) in [6.45, 7) is 0. The summed E-state index contributed by atoms with van der Waals surface area (Å²) in [5, 5.41) is 0. The molecule has 1 aromatic rings. The van der Waals surface area contributed by atoms with E-state index in [1.54, 1.807) is 4.90 Å². The summed E-state index contributed by atoms with van der Waals surface area (Å²) in [6.07, 6.45) is 2.91. The fourth-order valence-electron chi connectivity index (χ4n) is 3.86. The topological polar surface area (TPSA) is 72.9 Å². The van der Waals surface area contributed by atoms with Gasteiger partial charge in [-0.25, -0.2) is 4.79 Å². The molecule has 0 spiro atoms. The van der Waals surface area contributed by atoms with Gasteiger partial charge in [0.05, 0.1) is 20.3 Å². The SMILES string of the molecule is COC(=O)CCC(C(=O)OC)N1C(=O)c2cc(Br)cc3c2C1CCC3. The Balaban J connectivity index is 1.97. The summed E-state index contributed by atoms with van der Waals surface area (Å²) < 4.78 is 10.4. The van der Waals surface area contributed by atoms with Crippen molar-refractivity contribution in [2.45, 2.75) is 44.2 Å². The first-order valence-corrected chi connectivity index (χ1v) is 9.06. The highest BCUT2D eigenvalue weighted by Gasteiger charge is 2.45. The van der Waals surface area contributed by atoms with Gasteiger partial charge in [0, 0.05) is 16.5 Å². The van der Waals surface area contributed by atoms with Crippen molar-refractivity contribution in [1.29, 1.82) is 0 Å². The standard InChI is InChI=1S/C18H20BrNO5/c1-24-15(21)7-6-14(18(23)25-2)20-13-5-3-4-10-8-11(19)9-12(16(10)13)17(20)22/h8-9,13-14H,3-7H2,1-2H3. The van der Waals surface area contributed by atoms with Crippen LogP contribution < -0.4 is 0 Å². The molecule has 134 valence electrons. The number of rotatable bonds is 5. The molecule has 6 nitrogen and oxygen atoms in total. The van der Waals surface area contributed by atoms with E-state index in [0.29, 0.717) is 5.56 Å². The lowest BCUT2D eigenvalue weighted by Gasteiger charge is -2.34. The quantitative estimate of drug-likeness (QED) is 0.699. The third kappa shape index (κ3) is 3.17. The zero-order chi connectivity index (χ0) is 18.1. The van der Waals surface area contributed by atoms with Crippen LogP contribution in [0.5, 0.6) is 0 Å². The molecule has 1 amide bonds. The minimum Gasteiger partial charge on any atom is -0.469 e. The number of hydrogen-bond donors (Lipinski definition) is 0. The van der Waals surface area contributed by atoms with Crippen LogP contribution in [0.1, 0.15) is 53.2 Å². The third-order valence-electron chi connectivity index (χ3n) is 4.95. The van der Waals surface area contributed by atoms with Gasteiger partial charge < -0.3 is 14.4 Å². The summed E-state index contributed by atoms with van der Waals surface area (Å²) in [7, 11) is 2.60. The van der Waals surface area contributed by atoms with Crippen molar-refractivity contribution in [3.8, 4) is 0 Å². The van der Waals surface area contributed by atoms with Crippen LogP contribution in [0.3, 0.4) is 0 Å². The van der Waals surface area contributed by atoms with Crippen molar-refractivity contribution in [2.75, 3.05) is 14.2 Å².